The SMILES string of the molecule is CCOc1cccc(/C=N\NC(=O)c2cccn(Cc3ccccc3)c2=O)c1O. The van der Waals surface area contributed by atoms with Gasteiger partial charge in [-0.2, -0.15) is 5.10 Å². The highest BCUT2D eigenvalue weighted by molar-refractivity contribution is 5.94. The molecular formula is C22H21N3O4. The van der Waals surface area contributed by atoms with Crippen LogP contribution in [-0.4, -0.2) is 28.4 Å². The van der Waals surface area contributed by atoms with Crippen molar-refractivity contribution in [3.8, 4) is 11.5 Å². The van der Waals surface area contributed by atoms with E-state index in [1.54, 1.807) is 30.5 Å². The lowest BCUT2D eigenvalue weighted by molar-refractivity contribution is 0.0953. The van der Waals surface area contributed by atoms with Gasteiger partial charge < -0.3 is 14.4 Å². The van der Waals surface area contributed by atoms with Gasteiger partial charge in [-0.25, -0.2) is 5.43 Å². The first-order valence-electron chi connectivity index (χ1n) is 9.11. The van der Waals surface area contributed by atoms with Gasteiger partial charge in [0.25, 0.3) is 11.5 Å². The maximum atomic E-state index is 12.6. The summed E-state index contributed by atoms with van der Waals surface area (Å²) < 4.78 is 6.77. The fraction of sp³-hybridized carbons (Fsp3) is 0.136. The lowest BCUT2D eigenvalue weighted by Gasteiger charge is -2.08. The number of para-hydroxylation sites is 1. The molecule has 0 aliphatic rings. The third-order valence-corrected chi connectivity index (χ3v) is 4.16. The average molecular weight is 391 g/mol. The van der Waals surface area contributed by atoms with Crippen LogP contribution in [0.25, 0.3) is 0 Å². The highest BCUT2D eigenvalue weighted by Crippen LogP contribution is 2.28. The number of nitrogens with one attached hydrogen (secondary N) is 1. The maximum Gasteiger partial charge on any atom is 0.276 e. The minimum atomic E-state index is -0.630. The van der Waals surface area contributed by atoms with Crippen molar-refractivity contribution in [2.45, 2.75) is 13.5 Å². The predicted molar refractivity (Wildman–Crippen MR) is 111 cm³/mol. The number of hydrogen-bond acceptors (Lipinski definition) is 5. The van der Waals surface area contributed by atoms with Crippen molar-refractivity contribution in [2.75, 3.05) is 6.61 Å². The molecule has 0 spiro atoms. The number of rotatable bonds is 7. The predicted octanol–water partition coefficient (Wildman–Crippen LogP) is 2.76. The first-order valence-corrected chi connectivity index (χ1v) is 9.11. The normalized spacial score (nSPS) is 10.8. The highest BCUT2D eigenvalue weighted by Gasteiger charge is 2.12. The average Bonchev–Trinajstić information content (AvgIpc) is 2.73. The van der Waals surface area contributed by atoms with Crippen molar-refractivity contribution in [3.05, 3.63) is 93.9 Å². The standard InChI is InChI=1S/C22H21N3O4/c1-2-29-19-12-6-10-17(20(19)26)14-23-24-21(27)18-11-7-13-25(22(18)28)15-16-8-4-3-5-9-16/h3-14,26H,2,15H2,1H3,(H,24,27)/b23-14-. The summed E-state index contributed by atoms with van der Waals surface area (Å²) in [5.74, 6) is -0.374. The molecule has 7 heteroatoms. The van der Waals surface area contributed by atoms with Crippen molar-refractivity contribution in [1.82, 2.24) is 9.99 Å². The zero-order chi connectivity index (χ0) is 20.6. The molecule has 0 radical (unpaired) electrons. The number of phenols is 1. The van der Waals surface area contributed by atoms with Gasteiger partial charge in [0.1, 0.15) is 5.56 Å². The first-order chi connectivity index (χ1) is 14.1. The molecule has 1 amide bonds. The summed E-state index contributed by atoms with van der Waals surface area (Å²) in [6.07, 6.45) is 2.92. The molecule has 2 N–H and O–H groups in total. The number of amides is 1. The Bertz CT molecular complexity index is 1070. The molecule has 0 bridgehead atoms. The number of nitrogens with zero attached hydrogens (tertiary/aromatic N) is 2. The Hall–Kier alpha value is -3.87. The molecule has 29 heavy (non-hydrogen) atoms. The van der Waals surface area contributed by atoms with Crippen LogP contribution in [-0.2, 0) is 6.54 Å². The van der Waals surface area contributed by atoms with Gasteiger partial charge in [-0.1, -0.05) is 36.4 Å². The lowest BCUT2D eigenvalue weighted by atomic mass is 10.2. The molecule has 148 valence electrons. The minimum Gasteiger partial charge on any atom is -0.504 e. The summed E-state index contributed by atoms with van der Waals surface area (Å²) in [6.45, 7) is 2.58. The summed E-state index contributed by atoms with van der Waals surface area (Å²) in [4.78, 5) is 25.0. The van der Waals surface area contributed by atoms with Crippen LogP contribution in [0.4, 0.5) is 0 Å². The zero-order valence-electron chi connectivity index (χ0n) is 15.9. The van der Waals surface area contributed by atoms with E-state index in [2.05, 4.69) is 10.5 Å². The molecule has 1 heterocycles. The van der Waals surface area contributed by atoms with E-state index in [1.165, 1.54) is 16.8 Å². The monoisotopic (exact) mass is 391 g/mol. The van der Waals surface area contributed by atoms with Gasteiger partial charge >= 0.3 is 0 Å². The third-order valence-electron chi connectivity index (χ3n) is 4.16. The van der Waals surface area contributed by atoms with Gasteiger partial charge in [0.2, 0.25) is 0 Å². The fourth-order valence-electron chi connectivity index (χ4n) is 2.75. The summed E-state index contributed by atoms with van der Waals surface area (Å²) in [6, 6.07) is 17.5. The van der Waals surface area contributed by atoms with Crippen LogP contribution in [0, 0.1) is 0 Å². The topological polar surface area (TPSA) is 92.9 Å². The van der Waals surface area contributed by atoms with Gasteiger partial charge in [0.15, 0.2) is 11.5 Å². The van der Waals surface area contributed by atoms with Gasteiger partial charge in [-0.15, -0.1) is 0 Å². The third kappa shape index (κ3) is 4.90. The van der Waals surface area contributed by atoms with Crippen molar-refractivity contribution >= 4 is 12.1 Å². The quantitative estimate of drug-likeness (QED) is 0.478. The van der Waals surface area contributed by atoms with Crippen LogP contribution in [0.2, 0.25) is 0 Å². The van der Waals surface area contributed by atoms with Gasteiger partial charge in [0, 0.05) is 11.8 Å². The Kier molecular flexibility index (Phi) is 6.42. The van der Waals surface area contributed by atoms with Crippen LogP contribution in [0.15, 0.2) is 76.8 Å². The number of phenolic OH excluding ortho intramolecular Hbond substituents is 1. The highest BCUT2D eigenvalue weighted by atomic mass is 16.5. The zero-order valence-corrected chi connectivity index (χ0v) is 15.9. The number of aromatic hydroxyl groups is 1. The van der Waals surface area contributed by atoms with E-state index in [-0.39, 0.29) is 11.3 Å². The van der Waals surface area contributed by atoms with E-state index in [0.29, 0.717) is 24.5 Å². The number of carbonyl (C=O) groups is 1. The van der Waals surface area contributed by atoms with Crippen molar-refractivity contribution in [1.29, 1.82) is 0 Å². The Labute approximate surface area is 167 Å². The van der Waals surface area contributed by atoms with E-state index < -0.39 is 11.5 Å². The van der Waals surface area contributed by atoms with E-state index >= 15 is 0 Å². The van der Waals surface area contributed by atoms with Crippen molar-refractivity contribution in [2.24, 2.45) is 5.10 Å². The number of ether oxygens (including phenoxy) is 1. The Morgan fingerprint density at radius 1 is 1.14 bits per heavy atom. The molecular weight excluding hydrogens is 370 g/mol. The molecule has 0 saturated heterocycles. The molecule has 0 unspecified atom stereocenters. The molecule has 7 nitrogen and oxygen atoms in total. The van der Waals surface area contributed by atoms with Crippen molar-refractivity contribution < 1.29 is 14.6 Å². The molecule has 2 aromatic carbocycles. The molecule has 0 aliphatic carbocycles. The van der Waals surface area contributed by atoms with E-state index in [4.69, 9.17) is 4.74 Å². The summed E-state index contributed by atoms with van der Waals surface area (Å²) in [5.41, 5.74) is 3.22. The maximum absolute atomic E-state index is 12.6. The molecule has 1 aromatic heterocycles. The second-order valence-corrected chi connectivity index (χ2v) is 6.17. The number of benzene rings is 2. The minimum absolute atomic E-state index is 0.0205. The largest absolute Gasteiger partial charge is 0.504 e. The summed E-state index contributed by atoms with van der Waals surface area (Å²) in [7, 11) is 0. The number of hydrogen-bond donors (Lipinski definition) is 2. The van der Waals surface area contributed by atoms with Gasteiger partial charge in [-0.3, -0.25) is 9.59 Å². The molecule has 0 saturated carbocycles. The molecule has 0 aliphatic heterocycles. The number of carbonyl (C=O) groups excluding carboxylic acids is 1. The Balaban J connectivity index is 1.73. The van der Waals surface area contributed by atoms with Crippen LogP contribution < -0.4 is 15.7 Å². The Morgan fingerprint density at radius 2 is 1.93 bits per heavy atom. The number of hydrazone groups is 1. The fourth-order valence-corrected chi connectivity index (χ4v) is 2.75. The van der Waals surface area contributed by atoms with Crippen LogP contribution >= 0.6 is 0 Å². The molecule has 3 aromatic rings. The summed E-state index contributed by atoms with van der Waals surface area (Å²) in [5, 5.41) is 14.0. The first kappa shape index (κ1) is 19.9. The number of pyridine rings is 1. The van der Waals surface area contributed by atoms with Crippen LogP contribution in [0.3, 0.4) is 0 Å². The molecule has 3 rings (SSSR count). The van der Waals surface area contributed by atoms with Gasteiger partial charge in [0.05, 0.1) is 19.4 Å². The molecule has 0 atom stereocenters. The van der Waals surface area contributed by atoms with Gasteiger partial charge in [-0.05, 0) is 36.8 Å². The summed E-state index contributed by atoms with van der Waals surface area (Å²) >= 11 is 0. The second kappa shape index (κ2) is 9.36. The second-order valence-electron chi connectivity index (χ2n) is 6.17. The van der Waals surface area contributed by atoms with E-state index in [1.807, 2.05) is 37.3 Å². The molecule has 0 fully saturated rings. The van der Waals surface area contributed by atoms with E-state index in [0.717, 1.165) is 5.56 Å². The van der Waals surface area contributed by atoms with Crippen LogP contribution in [0.5, 0.6) is 11.5 Å². The number of aromatic nitrogens is 1. The smallest absolute Gasteiger partial charge is 0.276 e. The van der Waals surface area contributed by atoms with Crippen molar-refractivity contribution in [3.63, 3.8) is 0 Å². The van der Waals surface area contributed by atoms with E-state index in [9.17, 15) is 14.7 Å². The van der Waals surface area contributed by atoms with Crippen LogP contribution in [0.1, 0.15) is 28.4 Å². The lowest BCUT2D eigenvalue weighted by Crippen LogP contribution is -2.30. The Morgan fingerprint density at radius 3 is 2.69 bits per heavy atom.